The van der Waals surface area contributed by atoms with Crippen LogP contribution in [0.4, 0.5) is 0 Å². The second kappa shape index (κ2) is 6.27. The van der Waals surface area contributed by atoms with E-state index in [0.717, 1.165) is 11.3 Å². The summed E-state index contributed by atoms with van der Waals surface area (Å²) in [5.41, 5.74) is 0.882. The largest absolute Gasteiger partial charge is 0.497 e. The van der Waals surface area contributed by atoms with Crippen LogP contribution in [-0.4, -0.2) is 36.0 Å². The Kier molecular flexibility index (Phi) is 4.43. The Hall–Kier alpha value is -2.55. The van der Waals surface area contributed by atoms with Gasteiger partial charge >= 0.3 is 5.97 Å². The highest BCUT2D eigenvalue weighted by Crippen LogP contribution is 2.25. The van der Waals surface area contributed by atoms with Gasteiger partial charge in [0.1, 0.15) is 11.9 Å². The smallest absolute Gasteiger partial charge is 0.303 e. The predicted octanol–water partition coefficient (Wildman–Crippen LogP) is 1.25. The van der Waals surface area contributed by atoms with E-state index in [1.807, 2.05) is 18.2 Å². The maximum Gasteiger partial charge on any atom is 0.303 e. The van der Waals surface area contributed by atoms with Gasteiger partial charge < -0.3 is 14.4 Å². The number of esters is 1. The molecule has 1 fully saturated rings. The van der Waals surface area contributed by atoms with E-state index >= 15 is 0 Å². The Bertz CT molecular complexity index is 576. The molecule has 0 aromatic heterocycles. The lowest BCUT2D eigenvalue weighted by molar-refractivity contribution is -0.146. The first-order valence-corrected chi connectivity index (χ1v) is 6.54. The first kappa shape index (κ1) is 14.9. The molecular formula is C15H16N2O4. The summed E-state index contributed by atoms with van der Waals surface area (Å²) in [7, 11) is 1.58. The summed E-state index contributed by atoms with van der Waals surface area (Å²) < 4.78 is 10.1. The summed E-state index contributed by atoms with van der Waals surface area (Å²) in [5, 5.41) is 9.24. The zero-order valence-electron chi connectivity index (χ0n) is 11.9. The standard InChI is InChI=1S/C15H16N2O4/c1-10(18)21-14-7-15(19)17(13(14)8-16)9-11-3-5-12(20-2)6-4-11/h3-6,13-14H,7,9H2,1-2H3/t13-,14+/m1/s1. The molecule has 21 heavy (non-hydrogen) atoms. The molecule has 0 N–H and O–H groups in total. The molecule has 0 unspecified atom stereocenters. The van der Waals surface area contributed by atoms with Crippen molar-refractivity contribution >= 4 is 11.9 Å². The zero-order chi connectivity index (χ0) is 15.4. The molecule has 1 aliphatic heterocycles. The summed E-state index contributed by atoms with van der Waals surface area (Å²) >= 11 is 0. The van der Waals surface area contributed by atoms with Gasteiger partial charge in [-0.2, -0.15) is 5.26 Å². The lowest BCUT2D eigenvalue weighted by Crippen LogP contribution is -2.36. The van der Waals surface area contributed by atoms with E-state index < -0.39 is 18.1 Å². The summed E-state index contributed by atoms with van der Waals surface area (Å²) in [4.78, 5) is 24.5. The minimum Gasteiger partial charge on any atom is -0.497 e. The number of methoxy groups -OCH3 is 1. The number of ether oxygens (including phenoxy) is 2. The topological polar surface area (TPSA) is 79.6 Å². The number of hydrogen-bond donors (Lipinski definition) is 0. The molecule has 0 bridgehead atoms. The van der Waals surface area contributed by atoms with Gasteiger partial charge in [0.2, 0.25) is 5.91 Å². The second-order valence-corrected chi connectivity index (χ2v) is 4.80. The van der Waals surface area contributed by atoms with Crippen molar-refractivity contribution in [2.24, 2.45) is 0 Å². The third-order valence-electron chi connectivity index (χ3n) is 3.35. The molecule has 1 amide bonds. The lowest BCUT2D eigenvalue weighted by Gasteiger charge is -2.22. The van der Waals surface area contributed by atoms with Gasteiger partial charge in [-0.25, -0.2) is 0 Å². The highest BCUT2D eigenvalue weighted by Gasteiger charge is 2.42. The number of benzene rings is 1. The fourth-order valence-corrected chi connectivity index (χ4v) is 2.34. The highest BCUT2D eigenvalue weighted by atomic mass is 16.5. The van der Waals surface area contributed by atoms with Crippen molar-refractivity contribution in [2.45, 2.75) is 32.0 Å². The van der Waals surface area contributed by atoms with Crippen LogP contribution in [-0.2, 0) is 20.9 Å². The van der Waals surface area contributed by atoms with Crippen LogP contribution in [0.15, 0.2) is 24.3 Å². The SMILES string of the molecule is COc1ccc(CN2C(=O)C[C@H](OC(C)=O)[C@H]2C#N)cc1. The Balaban J connectivity index is 2.12. The monoisotopic (exact) mass is 288 g/mol. The number of carbonyl (C=O) groups excluding carboxylic acids is 2. The molecule has 1 heterocycles. The summed E-state index contributed by atoms with van der Waals surface area (Å²) in [5.74, 6) is 0.0455. The van der Waals surface area contributed by atoms with Gasteiger partial charge in [-0.1, -0.05) is 12.1 Å². The molecule has 0 saturated carbocycles. The number of likely N-dealkylation sites (tertiary alicyclic amines) is 1. The van der Waals surface area contributed by atoms with Crippen molar-refractivity contribution in [3.8, 4) is 11.8 Å². The van der Waals surface area contributed by atoms with Gasteiger partial charge in [-0.15, -0.1) is 0 Å². The Morgan fingerprint density at radius 1 is 1.43 bits per heavy atom. The van der Waals surface area contributed by atoms with Crippen LogP contribution < -0.4 is 4.74 Å². The van der Waals surface area contributed by atoms with E-state index in [2.05, 4.69) is 0 Å². The van der Waals surface area contributed by atoms with Crippen molar-refractivity contribution in [3.05, 3.63) is 29.8 Å². The maximum atomic E-state index is 12.0. The van der Waals surface area contributed by atoms with Crippen molar-refractivity contribution in [1.82, 2.24) is 4.90 Å². The van der Waals surface area contributed by atoms with Crippen molar-refractivity contribution < 1.29 is 19.1 Å². The first-order valence-electron chi connectivity index (χ1n) is 6.54. The van der Waals surface area contributed by atoms with E-state index in [-0.39, 0.29) is 12.3 Å². The van der Waals surface area contributed by atoms with Crippen LogP contribution in [0.2, 0.25) is 0 Å². The average Bonchev–Trinajstić information content (AvgIpc) is 2.74. The fourth-order valence-electron chi connectivity index (χ4n) is 2.34. The van der Waals surface area contributed by atoms with E-state index in [9.17, 15) is 14.9 Å². The third-order valence-corrected chi connectivity index (χ3v) is 3.35. The number of rotatable bonds is 4. The molecule has 1 aromatic carbocycles. The molecule has 1 aromatic rings. The maximum absolute atomic E-state index is 12.0. The van der Waals surface area contributed by atoms with Gasteiger partial charge in [-0.05, 0) is 17.7 Å². The molecule has 0 spiro atoms. The highest BCUT2D eigenvalue weighted by molar-refractivity contribution is 5.81. The normalized spacial score (nSPS) is 21.0. The molecule has 1 aliphatic rings. The average molecular weight is 288 g/mol. The second-order valence-electron chi connectivity index (χ2n) is 4.80. The van der Waals surface area contributed by atoms with E-state index in [1.54, 1.807) is 19.2 Å². The van der Waals surface area contributed by atoms with Crippen LogP contribution in [0.3, 0.4) is 0 Å². The van der Waals surface area contributed by atoms with E-state index in [1.165, 1.54) is 11.8 Å². The molecule has 0 radical (unpaired) electrons. The van der Waals surface area contributed by atoms with Gasteiger partial charge in [0.25, 0.3) is 0 Å². The molecule has 6 heteroatoms. The number of hydrogen-bond acceptors (Lipinski definition) is 5. The summed E-state index contributed by atoms with van der Waals surface area (Å²) in [6, 6.07) is 8.55. The van der Waals surface area contributed by atoms with Crippen LogP contribution in [0.25, 0.3) is 0 Å². The zero-order valence-corrected chi connectivity index (χ0v) is 11.9. The lowest BCUT2D eigenvalue weighted by atomic mass is 10.1. The molecule has 6 nitrogen and oxygen atoms in total. The van der Waals surface area contributed by atoms with Crippen LogP contribution in [0.5, 0.6) is 5.75 Å². The van der Waals surface area contributed by atoms with E-state index in [0.29, 0.717) is 6.54 Å². The number of nitriles is 1. The quantitative estimate of drug-likeness (QED) is 0.779. The van der Waals surface area contributed by atoms with Crippen LogP contribution >= 0.6 is 0 Å². The van der Waals surface area contributed by atoms with Gasteiger partial charge in [0.15, 0.2) is 6.04 Å². The summed E-state index contributed by atoms with van der Waals surface area (Å²) in [6.45, 7) is 1.57. The minimum absolute atomic E-state index is 0.0496. The minimum atomic E-state index is -0.747. The van der Waals surface area contributed by atoms with Crippen molar-refractivity contribution in [2.75, 3.05) is 7.11 Å². The molecule has 0 aliphatic carbocycles. The predicted molar refractivity (Wildman–Crippen MR) is 73.1 cm³/mol. The Labute approximate surface area is 122 Å². The Morgan fingerprint density at radius 2 is 2.10 bits per heavy atom. The van der Waals surface area contributed by atoms with E-state index in [4.69, 9.17) is 9.47 Å². The molecule has 1 saturated heterocycles. The molecular weight excluding hydrogens is 272 g/mol. The Morgan fingerprint density at radius 3 is 2.62 bits per heavy atom. The number of nitrogens with zero attached hydrogens (tertiary/aromatic N) is 2. The van der Waals surface area contributed by atoms with Gasteiger partial charge in [0.05, 0.1) is 19.6 Å². The molecule has 2 rings (SSSR count). The first-order chi connectivity index (χ1) is 10.0. The van der Waals surface area contributed by atoms with Gasteiger partial charge in [-0.3, -0.25) is 9.59 Å². The van der Waals surface area contributed by atoms with Gasteiger partial charge in [0, 0.05) is 13.5 Å². The molecule has 110 valence electrons. The molecule has 2 atom stereocenters. The van der Waals surface area contributed by atoms with Crippen molar-refractivity contribution in [1.29, 1.82) is 5.26 Å². The van der Waals surface area contributed by atoms with Crippen molar-refractivity contribution in [3.63, 3.8) is 0 Å². The fraction of sp³-hybridized carbons (Fsp3) is 0.400. The summed E-state index contributed by atoms with van der Waals surface area (Å²) in [6.07, 6.45) is -0.647. The third kappa shape index (κ3) is 3.31. The number of amides is 1. The van der Waals surface area contributed by atoms with Crippen LogP contribution in [0, 0.1) is 11.3 Å². The number of carbonyl (C=O) groups is 2. The van der Waals surface area contributed by atoms with Crippen LogP contribution in [0.1, 0.15) is 18.9 Å².